The zero-order valence-electron chi connectivity index (χ0n) is 18.1. The van der Waals surface area contributed by atoms with Crippen molar-refractivity contribution < 1.29 is 19.2 Å². The van der Waals surface area contributed by atoms with Gasteiger partial charge in [0.25, 0.3) is 5.69 Å². The van der Waals surface area contributed by atoms with E-state index in [9.17, 15) is 14.9 Å². The second-order valence-electron chi connectivity index (χ2n) is 7.66. The molecule has 6 nitrogen and oxygen atoms in total. The Morgan fingerprint density at radius 1 is 0.806 bits per heavy atom. The number of nitrogens with zero attached hydrogens (tertiary/aromatic N) is 1. The van der Waals surface area contributed by atoms with Crippen LogP contribution in [-0.2, 0) is 12.8 Å². The molecule has 0 saturated carbocycles. The van der Waals surface area contributed by atoms with E-state index in [-0.39, 0.29) is 11.4 Å². The molecule has 0 aliphatic heterocycles. The lowest BCUT2D eigenvalue weighted by molar-refractivity contribution is -0.384. The summed E-state index contributed by atoms with van der Waals surface area (Å²) in [5.74, 6) is 0.607. The first-order valence-corrected chi connectivity index (χ1v) is 10.0. The number of aryl methyl sites for hydroxylation is 5. The van der Waals surface area contributed by atoms with Gasteiger partial charge in [0.1, 0.15) is 11.5 Å². The quantitative estimate of drug-likeness (QED) is 0.206. The van der Waals surface area contributed by atoms with E-state index < -0.39 is 11.1 Å². The minimum Gasteiger partial charge on any atom is -0.395 e. The van der Waals surface area contributed by atoms with Crippen LogP contribution in [0.1, 0.15) is 33.4 Å². The molecule has 3 aromatic rings. The Balaban J connectivity index is 1.65. The van der Waals surface area contributed by atoms with Crippen molar-refractivity contribution in [3.8, 4) is 11.5 Å². The van der Waals surface area contributed by atoms with Crippen molar-refractivity contribution in [1.82, 2.24) is 0 Å². The van der Waals surface area contributed by atoms with Crippen molar-refractivity contribution in [2.45, 2.75) is 40.5 Å². The third-order valence-electron chi connectivity index (χ3n) is 5.38. The van der Waals surface area contributed by atoms with Gasteiger partial charge in [-0.25, -0.2) is 4.79 Å². The number of benzene rings is 3. The third-order valence-corrected chi connectivity index (χ3v) is 5.38. The summed E-state index contributed by atoms with van der Waals surface area (Å²) in [7, 11) is 0. The summed E-state index contributed by atoms with van der Waals surface area (Å²) < 4.78 is 10.5. The molecule has 0 radical (unpaired) electrons. The predicted molar refractivity (Wildman–Crippen MR) is 119 cm³/mol. The molecule has 160 valence electrons. The fourth-order valence-corrected chi connectivity index (χ4v) is 3.31. The van der Waals surface area contributed by atoms with Crippen LogP contribution in [0, 0.1) is 37.8 Å². The third kappa shape index (κ3) is 5.69. The standard InChI is InChI=1S/C25H25NO5/c1-16-5-6-20(7-8-21-13-17(2)19(4)18(3)14-21)15-24(16)31-25(27)30-23-11-9-22(10-12-23)26(28)29/h5-6,9-15H,7-8H2,1-4H3. The number of carbonyl (C=O) groups excluding carboxylic acids is 1. The molecule has 0 saturated heterocycles. The van der Waals surface area contributed by atoms with Gasteiger partial charge >= 0.3 is 6.16 Å². The van der Waals surface area contributed by atoms with Gasteiger partial charge in [-0.3, -0.25) is 10.1 Å². The van der Waals surface area contributed by atoms with Crippen LogP contribution in [0.4, 0.5) is 10.5 Å². The van der Waals surface area contributed by atoms with Gasteiger partial charge in [-0.15, -0.1) is 0 Å². The molecule has 0 aromatic heterocycles. The lowest BCUT2D eigenvalue weighted by atomic mass is 9.96. The van der Waals surface area contributed by atoms with Gasteiger partial charge in [0.15, 0.2) is 0 Å². The van der Waals surface area contributed by atoms with Crippen molar-refractivity contribution in [3.63, 3.8) is 0 Å². The zero-order chi connectivity index (χ0) is 22.5. The first kappa shape index (κ1) is 22.0. The fourth-order valence-electron chi connectivity index (χ4n) is 3.31. The Morgan fingerprint density at radius 2 is 1.42 bits per heavy atom. The van der Waals surface area contributed by atoms with E-state index in [1.54, 1.807) is 0 Å². The molecular weight excluding hydrogens is 394 g/mol. The van der Waals surface area contributed by atoms with E-state index in [2.05, 4.69) is 32.9 Å². The highest BCUT2D eigenvalue weighted by Gasteiger charge is 2.13. The number of nitro groups is 1. The molecule has 0 atom stereocenters. The fraction of sp³-hybridized carbons (Fsp3) is 0.240. The maximum Gasteiger partial charge on any atom is 0.519 e. The number of nitro benzene ring substituents is 1. The molecule has 0 N–H and O–H groups in total. The lowest BCUT2D eigenvalue weighted by Crippen LogP contribution is -2.14. The number of hydrogen-bond acceptors (Lipinski definition) is 5. The maximum atomic E-state index is 12.2. The second kappa shape index (κ2) is 9.43. The normalized spacial score (nSPS) is 10.6. The number of hydrogen-bond donors (Lipinski definition) is 0. The monoisotopic (exact) mass is 419 g/mol. The van der Waals surface area contributed by atoms with Crippen LogP contribution < -0.4 is 9.47 Å². The molecule has 0 heterocycles. The summed E-state index contributed by atoms with van der Waals surface area (Å²) in [6, 6.07) is 15.5. The average molecular weight is 419 g/mol. The highest BCUT2D eigenvalue weighted by Crippen LogP contribution is 2.23. The topological polar surface area (TPSA) is 78.7 Å². The molecule has 0 aliphatic rings. The lowest BCUT2D eigenvalue weighted by Gasteiger charge is -2.11. The molecule has 0 amide bonds. The Bertz CT molecular complexity index is 1100. The van der Waals surface area contributed by atoms with Crippen LogP contribution in [0.5, 0.6) is 11.5 Å². The summed E-state index contributed by atoms with van der Waals surface area (Å²) in [5.41, 5.74) is 6.96. The molecule has 0 bridgehead atoms. The van der Waals surface area contributed by atoms with Gasteiger partial charge in [0.2, 0.25) is 0 Å². The predicted octanol–water partition coefficient (Wildman–Crippen LogP) is 6.19. The Labute approximate surface area is 181 Å². The van der Waals surface area contributed by atoms with Crippen LogP contribution >= 0.6 is 0 Å². The molecule has 0 spiro atoms. The smallest absolute Gasteiger partial charge is 0.395 e. The van der Waals surface area contributed by atoms with Crippen molar-refractivity contribution in [3.05, 3.63) is 98.1 Å². The van der Waals surface area contributed by atoms with Gasteiger partial charge in [-0.1, -0.05) is 24.3 Å². The first-order valence-electron chi connectivity index (χ1n) is 10.0. The summed E-state index contributed by atoms with van der Waals surface area (Å²) in [6.45, 7) is 8.24. The summed E-state index contributed by atoms with van der Waals surface area (Å²) >= 11 is 0. The van der Waals surface area contributed by atoms with Crippen LogP contribution in [0.3, 0.4) is 0 Å². The summed E-state index contributed by atoms with van der Waals surface area (Å²) in [6.07, 6.45) is 0.812. The van der Waals surface area contributed by atoms with E-state index in [0.717, 1.165) is 24.0 Å². The Morgan fingerprint density at radius 3 is 2.03 bits per heavy atom. The molecule has 3 rings (SSSR count). The Hall–Kier alpha value is -3.67. The average Bonchev–Trinajstić information content (AvgIpc) is 2.72. The second-order valence-corrected chi connectivity index (χ2v) is 7.66. The van der Waals surface area contributed by atoms with Gasteiger partial charge in [0.05, 0.1) is 4.92 Å². The van der Waals surface area contributed by atoms with Crippen LogP contribution in [0.2, 0.25) is 0 Å². The van der Waals surface area contributed by atoms with E-state index >= 15 is 0 Å². The molecule has 6 heteroatoms. The van der Waals surface area contributed by atoms with Crippen LogP contribution in [0.15, 0.2) is 54.6 Å². The van der Waals surface area contributed by atoms with Crippen LogP contribution in [-0.4, -0.2) is 11.1 Å². The number of non-ortho nitro benzene ring substituents is 1. The van der Waals surface area contributed by atoms with Gasteiger partial charge in [0, 0.05) is 12.1 Å². The molecule has 0 unspecified atom stereocenters. The molecule has 3 aromatic carbocycles. The minimum atomic E-state index is -0.890. The molecule has 0 fully saturated rings. The zero-order valence-corrected chi connectivity index (χ0v) is 18.1. The SMILES string of the molecule is Cc1ccc(CCc2cc(C)c(C)c(C)c2)cc1OC(=O)Oc1ccc([N+](=O)[O-])cc1. The van der Waals surface area contributed by atoms with Gasteiger partial charge < -0.3 is 9.47 Å². The van der Waals surface area contributed by atoms with Gasteiger partial charge in [-0.2, -0.15) is 0 Å². The van der Waals surface area contributed by atoms with Gasteiger partial charge in [-0.05, 0) is 92.1 Å². The van der Waals surface area contributed by atoms with E-state index in [4.69, 9.17) is 9.47 Å². The van der Waals surface area contributed by atoms with Crippen molar-refractivity contribution >= 4 is 11.8 Å². The molecular formula is C25H25NO5. The van der Waals surface area contributed by atoms with E-state index in [1.165, 1.54) is 46.5 Å². The minimum absolute atomic E-state index is 0.0803. The number of carbonyl (C=O) groups is 1. The van der Waals surface area contributed by atoms with E-state index in [1.807, 2.05) is 25.1 Å². The van der Waals surface area contributed by atoms with E-state index in [0.29, 0.717) is 5.75 Å². The van der Waals surface area contributed by atoms with Crippen molar-refractivity contribution in [2.75, 3.05) is 0 Å². The highest BCUT2D eigenvalue weighted by molar-refractivity contribution is 5.68. The maximum absolute atomic E-state index is 12.2. The largest absolute Gasteiger partial charge is 0.519 e. The highest BCUT2D eigenvalue weighted by atomic mass is 16.7. The summed E-state index contributed by atoms with van der Waals surface area (Å²) in [5, 5.41) is 10.7. The van der Waals surface area contributed by atoms with Crippen molar-refractivity contribution in [1.29, 1.82) is 0 Å². The number of ether oxygens (including phenoxy) is 2. The first-order chi connectivity index (χ1) is 14.7. The number of rotatable bonds is 6. The Kier molecular flexibility index (Phi) is 6.70. The molecule has 31 heavy (non-hydrogen) atoms. The van der Waals surface area contributed by atoms with Crippen LogP contribution in [0.25, 0.3) is 0 Å². The molecule has 0 aliphatic carbocycles. The summed E-state index contributed by atoms with van der Waals surface area (Å²) in [4.78, 5) is 22.4. The van der Waals surface area contributed by atoms with Crippen molar-refractivity contribution in [2.24, 2.45) is 0 Å².